The fourth-order valence-corrected chi connectivity index (χ4v) is 5.18. The lowest BCUT2D eigenvalue weighted by Gasteiger charge is -2.28. The maximum absolute atomic E-state index is 13.1. The van der Waals surface area contributed by atoms with E-state index in [0.717, 1.165) is 44.9 Å². The molecule has 2 fully saturated rings. The van der Waals surface area contributed by atoms with Crippen molar-refractivity contribution in [2.24, 2.45) is 38.5 Å². The fraction of sp³-hybridized carbons (Fsp3) is 0.833. The van der Waals surface area contributed by atoms with E-state index in [1.807, 2.05) is 0 Å². The quantitative estimate of drug-likeness (QED) is 0.0851. The summed E-state index contributed by atoms with van der Waals surface area (Å²) in [5, 5.41) is 22.9. The molecule has 0 bridgehead atoms. The molecule has 0 saturated heterocycles. The van der Waals surface area contributed by atoms with E-state index in [2.05, 4.69) is 32.8 Å². The van der Waals surface area contributed by atoms with Crippen molar-refractivity contribution in [1.82, 2.24) is 10.6 Å². The van der Waals surface area contributed by atoms with Crippen molar-refractivity contribution in [1.29, 1.82) is 0 Å². The predicted octanol–water partition coefficient (Wildman–Crippen LogP) is 3.30. The minimum absolute atomic E-state index is 0.00278. The molecule has 2 aliphatic rings. The van der Waals surface area contributed by atoms with Crippen molar-refractivity contribution in [2.75, 3.05) is 6.54 Å². The Morgan fingerprint density at radius 1 is 1.03 bits per heavy atom. The minimum atomic E-state index is -1.13. The lowest BCUT2D eigenvalue weighted by Crippen LogP contribution is -2.51. The van der Waals surface area contributed by atoms with Gasteiger partial charge in [-0.1, -0.05) is 44.1 Å². The second-order valence-electron chi connectivity index (χ2n) is 10.1. The highest BCUT2D eigenvalue weighted by Gasteiger charge is 2.30. The molecule has 0 aromatic heterocycles. The van der Waals surface area contributed by atoms with Crippen LogP contribution >= 0.6 is 11.6 Å². The number of hydrogen-bond donors (Lipinski definition) is 5. The highest BCUT2D eigenvalue weighted by Crippen LogP contribution is 2.30. The summed E-state index contributed by atoms with van der Waals surface area (Å²) in [5.41, 5.74) is 10.6. The van der Waals surface area contributed by atoms with E-state index in [9.17, 15) is 19.5 Å². The molecule has 7 N–H and O–H groups in total. The molecule has 5 unspecified atom stereocenters. The van der Waals surface area contributed by atoms with Crippen LogP contribution in [0.2, 0.25) is 0 Å². The first-order valence-corrected chi connectivity index (χ1v) is 13.5. The third kappa shape index (κ3) is 11.1. The van der Waals surface area contributed by atoms with Crippen LogP contribution in [-0.2, 0) is 9.59 Å². The Bertz CT molecular complexity index is 784. The number of carbonyl (C=O) groups is 3. The number of unbranched alkanes of at least 4 members (excludes halogenated alkanes) is 1. The van der Waals surface area contributed by atoms with Crippen molar-refractivity contribution < 1.29 is 19.5 Å². The number of aliphatic carboxylic acids is 1. The molecule has 0 radical (unpaired) electrons. The van der Waals surface area contributed by atoms with Crippen LogP contribution in [0.1, 0.15) is 84.0 Å². The van der Waals surface area contributed by atoms with Crippen molar-refractivity contribution in [3.63, 3.8) is 0 Å². The molecule has 0 aromatic carbocycles. The molecule has 0 aliphatic heterocycles. The van der Waals surface area contributed by atoms with Gasteiger partial charge in [0, 0.05) is 11.9 Å². The van der Waals surface area contributed by atoms with Gasteiger partial charge in [-0.05, 0) is 56.8 Å². The molecule has 12 heteroatoms. The highest BCUT2D eigenvalue weighted by molar-refractivity contribution is 6.20. The Morgan fingerprint density at radius 3 is 2.39 bits per heavy atom. The first kappa shape index (κ1) is 29.8. The number of halogens is 1. The first-order chi connectivity index (χ1) is 17.2. The summed E-state index contributed by atoms with van der Waals surface area (Å²) in [6, 6.07) is -2.76. The average molecular weight is 528 g/mol. The summed E-state index contributed by atoms with van der Waals surface area (Å²) in [6.45, 7) is 2.49. The van der Waals surface area contributed by atoms with Gasteiger partial charge in [-0.15, -0.1) is 11.6 Å². The molecule has 3 amide bonds. The van der Waals surface area contributed by atoms with Gasteiger partial charge in [0.15, 0.2) is 5.96 Å². The number of azo groups is 1. The summed E-state index contributed by atoms with van der Waals surface area (Å²) in [4.78, 5) is 41.3. The number of alkyl halides is 1. The van der Waals surface area contributed by atoms with Gasteiger partial charge in [0.1, 0.15) is 12.1 Å². The number of urea groups is 1. The normalized spacial score (nSPS) is 24.6. The number of guanidine groups is 1. The number of amides is 3. The number of carbonyl (C=O) groups excluding carboxylic acids is 2. The van der Waals surface area contributed by atoms with Gasteiger partial charge in [-0.3, -0.25) is 9.79 Å². The van der Waals surface area contributed by atoms with E-state index in [0.29, 0.717) is 38.1 Å². The Morgan fingerprint density at radius 2 is 1.75 bits per heavy atom. The van der Waals surface area contributed by atoms with E-state index in [-0.39, 0.29) is 29.7 Å². The van der Waals surface area contributed by atoms with Crippen LogP contribution in [0.3, 0.4) is 0 Å². The lowest BCUT2D eigenvalue weighted by atomic mass is 9.84. The zero-order valence-electron chi connectivity index (χ0n) is 21.2. The maximum atomic E-state index is 13.1. The van der Waals surface area contributed by atoms with Crippen LogP contribution in [0.15, 0.2) is 15.2 Å². The zero-order chi connectivity index (χ0) is 26.5. The fourth-order valence-electron chi connectivity index (χ4n) is 4.85. The Kier molecular flexibility index (Phi) is 12.9. The maximum Gasteiger partial charge on any atom is 0.359 e. The van der Waals surface area contributed by atoms with Gasteiger partial charge in [0.2, 0.25) is 5.91 Å². The second kappa shape index (κ2) is 15.6. The van der Waals surface area contributed by atoms with E-state index in [4.69, 9.17) is 23.1 Å². The summed E-state index contributed by atoms with van der Waals surface area (Å²) in [7, 11) is 0. The van der Waals surface area contributed by atoms with Gasteiger partial charge in [-0.2, -0.15) is 5.11 Å². The highest BCUT2D eigenvalue weighted by atomic mass is 35.5. The Balaban J connectivity index is 1.97. The Labute approximate surface area is 218 Å². The topological polar surface area (TPSA) is 185 Å². The van der Waals surface area contributed by atoms with Crippen LogP contribution < -0.4 is 22.1 Å². The first-order valence-electron chi connectivity index (χ1n) is 13.1. The number of carboxylic acids is 1. The van der Waals surface area contributed by atoms with Crippen LogP contribution in [0.25, 0.3) is 0 Å². The molecule has 2 saturated carbocycles. The van der Waals surface area contributed by atoms with Gasteiger partial charge in [-0.25, -0.2) is 9.59 Å². The minimum Gasteiger partial charge on any atom is -0.480 e. The molecule has 5 atom stereocenters. The molecular formula is C24H42ClN7O4. The molecule has 2 rings (SSSR count). The number of aliphatic imine (C=N–C) groups is 1. The van der Waals surface area contributed by atoms with Crippen LogP contribution in [0.5, 0.6) is 0 Å². The summed E-state index contributed by atoms with van der Waals surface area (Å²) in [5.74, 6) is -0.976. The number of hydrogen-bond acceptors (Lipinski definition) is 5. The smallest absolute Gasteiger partial charge is 0.359 e. The Hall–Kier alpha value is -2.43. The van der Waals surface area contributed by atoms with Crippen molar-refractivity contribution in [3.8, 4) is 0 Å². The third-order valence-corrected chi connectivity index (χ3v) is 7.71. The summed E-state index contributed by atoms with van der Waals surface area (Å²) < 4.78 is 0. The molecule has 204 valence electrons. The number of nitrogens with one attached hydrogen (secondary N) is 2. The monoisotopic (exact) mass is 527 g/mol. The van der Waals surface area contributed by atoms with E-state index < -0.39 is 30.0 Å². The molecular weight excluding hydrogens is 486 g/mol. The summed E-state index contributed by atoms with van der Waals surface area (Å²) >= 11 is 6.33. The average Bonchev–Trinajstić information content (AvgIpc) is 2.83. The number of nitrogens with two attached hydrogens (primary N) is 2. The third-order valence-electron chi connectivity index (χ3n) is 7.10. The lowest BCUT2D eigenvalue weighted by molar-refractivity contribution is -0.142. The molecule has 0 heterocycles. The number of rotatable bonds is 12. The van der Waals surface area contributed by atoms with Gasteiger partial charge >= 0.3 is 12.0 Å². The number of carboxylic acid groups (broad SMARTS) is 1. The van der Waals surface area contributed by atoms with Crippen molar-refractivity contribution in [3.05, 3.63) is 0 Å². The van der Waals surface area contributed by atoms with Gasteiger partial charge < -0.3 is 27.2 Å². The largest absolute Gasteiger partial charge is 0.480 e. The molecule has 2 aliphatic carbocycles. The number of nitrogens with zero attached hydrogens (tertiary/aromatic N) is 3. The standard InChI is InChI=1S/C24H42ClN7O4/c1-15-10-11-17(14-18(15)25)31-32-24(36)30-20(13-16-7-3-2-4-8-16)21(33)29-19(22(34)35)9-5-6-12-28-23(26)27/h15-20H,2-14H2,1H3,(H,29,33)(H,30,36)(H,34,35)(H4,26,27,28). The van der Waals surface area contributed by atoms with Crippen LogP contribution in [0.4, 0.5) is 4.79 Å². The van der Waals surface area contributed by atoms with Crippen LogP contribution in [0, 0.1) is 11.8 Å². The SMILES string of the molecule is CC1CCC(N=NC(=O)NC(CC2CCCCC2)C(=O)NC(CCCCN=C(N)N)C(=O)O)CC1Cl. The van der Waals surface area contributed by atoms with Crippen LogP contribution in [-0.4, -0.2) is 59.0 Å². The van der Waals surface area contributed by atoms with E-state index >= 15 is 0 Å². The molecule has 0 spiro atoms. The van der Waals surface area contributed by atoms with E-state index in [1.165, 1.54) is 0 Å². The zero-order valence-corrected chi connectivity index (χ0v) is 22.0. The van der Waals surface area contributed by atoms with Crippen molar-refractivity contribution >= 4 is 35.5 Å². The summed E-state index contributed by atoms with van der Waals surface area (Å²) in [6.07, 6.45) is 9.46. The molecule has 0 aromatic rings. The predicted molar refractivity (Wildman–Crippen MR) is 139 cm³/mol. The molecule has 11 nitrogen and oxygen atoms in total. The molecule has 36 heavy (non-hydrogen) atoms. The van der Waals surface area contributed by atoms with E-state index in [1.54, 1.807) is 0 Å². The van der Waals surface area contributed by atoms with Gasteiger partial charge in [0.25, 0.3) is 0 Å². The second-order valence-corrected chi connectivity index (χ2v) is 10.7. The van der Waals surface area contributed by atoms with Crippen molar-refractivity contribution in [2.45, 2.75) is 107 Å². The van der Waals surface area contributed by atoms with Gasteiger partial charge in [0.05, 0.1) is 6.04 Å².